The number of carbonyl (C=O) groups excluding carboxylic acids is 1. The first-order valence-corrected chi connectivity index (χ1v) is 6.22. The van der Waals surface area contributed by atoms with Gasteiger partial charge >= 0.3 is 0 Å². The Morgan fingerprint density at radius 3 is 2.44 bits per heavy atom. The largest absolute Gasteiger partial charge is 0.391 e. The molecule has 0 spiro atoms. The maximum absolute atomic E-state index is 11.4. The highest BCUT2D eigenvalue weighted by Gasteiger charge is 2.10. The van der Waals surface area contributed by atoms with Gasteiger partial charge in [-0.2, -0.15) is 0 Å². The Labute approximate surface area is 98.6 Å². The van der Waals surface area contributed by atoms with Crippen molar-refractivity contribution in [3.05, 3.63) is 0 Å². The SMILES string of the molecule is CC(C)C(O)CNC(=O)CCCCCCN. The highest BCUT2D eigenvalue weighted by atomic mass is 16.3. The van der Waals surface area contributed by atoms with Crippen molar-refractivity contribution in [2.75, 3.05) is 13.1 Å². The molecule has 0 radical (unpaired) electrons. The predicted octanol–water partition coefficient (Wildman–Crippen LogP) is 1.03. The third kappa shape index (κ3) is 8.68. The topological polar surface area (TPSA) is 75.3 Å². The van der Waals surface area contributed by atoms with Gasteiger partial charge < -0.3 is 16.2 Å². The normalized spacial score (nSPS) is 12.8. The van der Waals surface area contributed by atoms with E-state index in [1.807, 2.05) is 13.8 Å². The van der Waals surface area contributed by atoms with Gasteiger partial charge in [0, 0.05) is 13.0 Å². The number of rotatable bonds is 9. The van der Waals surface area contributed by atoms with Crippen molar-refractivity contribution < 1.29 is 9.90 Å². The lowest BCUT2D eigenvalue weighted by atomic mass is 10.1. The van der Waals surface area contributed by atoms with E-state index >= 15 is 0 Å². The molecule has 0 rings (SSSR count). The molecule has 0 fully saturated rings. The van der Waals surface area contributed by atoms with Crippen LogP contribution in [0.2, 0.25) is 0 Å². The lowest BCUT2D eigenvalue weighted by Gasteiger charge is -2.14. The Bertz CT molecular complexity index is 184. The molecule has 0 heterocycles. The first kappa shape index (κ1) is 15.4. The summed E-state index contributed by atoms with van der Waals surface area (Å²) in [6.45, 7) is 4.96. The van der Waals surface area contributed by atoms with Gasteiger partial charge in [0.05, 0.1) is 6.10 Å². The number of hydrogen-bond donors (Lipinski definition) is 3. The van der Waals surface area contributed by atoms with Crippen LogP contribution in [0.15, 0.2) is 0 Å². The molecule has 0 aromatic rings. The van der Waals surface area contributed by atoms with Crippen LogP contribution >= 0.6 is 0 Å². The maximum atomic E-state index is 11.4. The fraction of sp³-hybridized carbons (Fsp3) is 0.917. The van der Waals surface area contributed by atoms with Crippen molar-refractivity contribution >= 4 is 5.91 Å². The second kappa shape index (κ2) is 9.60. The van der Waals surface area contributed by atoms with Crippen LogP contribution in [0.5, 0.6) is 0 Å². The van der Waals surface area contributed by atoms with E-state index in [1.54, 1.807) is 0 Å². The summed E-state index contributed by atoms with van der Waals surface area (Å²) in [5.74, 6) is 0.220. The Balaban J connectivity index is 3.38. The average Bonchev–Trinajstić information content (AvgIpc) is 2.25. The van der Waals surface area contributed by atoms with Crippen LogP contribution in [-0.4, -0.2) is 30.2 Å². The maximum Gasteiger partial charge on any atom is 0.220 e. The number of carbonyl (C=O) groups is 1. The molecule has 4 nitrogen and oxygen atoms in total. The zero-order valence-electron chi connectivity index (χ0n) is 10.5. The Morgan fingerprint density at radius 2 is 1.88 bits per heavy atom. The number of nitrogens with two attached hydrogens (primary N) is 1. The highest BCUT2D eigenvalue weighted by Crippen LogP contribution is 2.03. The first-order chi connectivity index (χ1) is 7.57. The zero-order chi connectivity index (χ0) is 12.4. The first-order valence-electron chi connectivity index (χ1n) is 6.22. The quantitative estimate of drug-likeness (QED) is 0.518. The summed E-state index contributed by atoms with van der Waals surface area (Å²) in [6.07, 6.45) is 4.20. The van der Waals surface area contributed by atoms with Crippen molar-refractivity contribution in [1.82, 2.24) is 5.32 Å². The summed E-state index contributed by atoms with van der Waals surface area (Å²) in [4.78, 5) is 11.4. The van der Waals surface area contributed by atoms with Gasteiger partial charge in [0.2, 0.25) is 5.91 Å². The number of amides is 1. The van der Waals surface area contributed by atoms with Crippen LogP contribution < -0.4 is 11.1 Å². The fourth-order valence-electron chi connectivity index (χ4n) is 1.33. The predicted molar refractivity (Wildman–Crippen MR) is 66.0 cm³/mol. The standard InChI is InChI=1S/C12H26N2O2/c1-10(2)11(15)9-14-12(16)7-5-3-4-6-8-13/h10-11,15H,3-9,13H2,1-2H3,(H,14,16). The molecule has 4 heteroatoms. The molecule has 1 atom stereocenters. The van der Waals surface area contributed by atoms with Gasteiger partial charge in [-0.1, -0.05) is 26.7 Å². The number of aliphatic hydroxyl groups is 1. The molecule has 0 bridgehead atoms. The van der Waals surface area contributed by atoms with Gasteiger partial charge in [0.1, 0.15) is 0 Å². The Kier molecular flexibility index (Phi) is 9.24. The number of hydrogen-bond acceptors (Lipinski definition) is 3. The summed E-state index contributed by atoms with van der Waals surface area (Å²) in [5.41, 5.74) is 5.37. The van der Waals surface area contributed by atoms with E-state index < -0.39 is 6.10 Å². The van der Waals surface area contributed by atoms with Crippen molar-refractivity contribution in [3.63, 3.8) is 0 Å². The number of nitrogens with one attached hydrogen (secondary N) is 1. The monoisotopic (exact) mass is 230 g/mol. The minimum absolute atomic E-state index is 0.0347. The van der Waals surface area contributed by atoms with Gasteiger partial charge in [-0.05, 0) is 25.3 Å². The van der Waals surface area contributed by atoms with Crippen molar-refractivity contribution in [1.29, 1.82) is 0 Å². The molecule has 0 aliphatic heterocycles. The molecule has 4 N–H and O–H groups in total. The fourth-order valence-corrected chi connectivity index (χ4v) is 1.33. The lowest BCUT2D eigenvalue weighted by Crippen LogP contribution is -2.34. The second-order valence-electron chi connectivity index (χ2n) is 4.57. The van der Waals surface area contributed by atoms with E-state index in [2.05, 4.69) is 5.32 Å². The molecule has 1 amide bonds. The van der Waals surface area contributed by atoms with E-state index in [9.17, 15) is 9.90 Å². The minimum atomic E-state index is -0.443. The molecule has 0 aromatic carbocycles. The zero-order valence-corrected chi connectivity index (χ0v) is 10.5. The molecule has 16 heavy (non-hydrogen) atoms. The van der Waals surface area contributed by atoms with E-state index in [-0.39, 0.29) is 11.8 Å². The van der Waals surface area contributed by atoms with E-state index in [0.717, 1.165) is 32.2 Å². The van der Waals surface area contributed by atoms with Crippen molar-refractivity contribution in [3.8, 4) is 0 Å². The van der Waals surface area contributed by atoms with Crippen LogP contribution in [0.1, 0.15) is 46.0 Å². The number of unbranched alkanes of at least 4 members (excludes halogenated alkanes) is 3. The summed E-state index contributed by atoms with van der Waals surface area (Å²) in [5, 5.41) is 12.2. The summed E-state index contributed by atoms with van der Waals surface area (Å²) in [6, 6.07) is 0. The van der Waals surface area contributed by atoms with Crippen molar-refractivity contribution in [2.24, 2.45) is 11.7 Å². The van der Waals surface area contributed by atoms with Gasteiger partial charge in [-0.3, -0.25) is 4.79 Å². The molecular weight excluding hydrogens is 204 g/mol. The lowest BCUT2D eigenvalue weighted by molar-refractivity contribution is -0.121. The summed E-state index contributed by atoms with van der Waals surface area (Å²) in [7, 11) is 0. The highest BCUT2D eigenvalue weighted by molar-refractivity contribution is 5.75. The van der Waals surface area contributed by atoms with Crippen molar-refractivity contribution in [2.45, 2.75) is 52.1 Å². The molecule has 0 saturated heterocycles. The van der Waals surface area contributed by atoms with Gasteiger partial charge in [0.15, 0.2) is 0 Å². The number of aliphatic hydroxyl groups excluding tert-OH is 1. The van der Waals surface area contributed by atoms with Crippen LogP contribution in [0.4, 0.5) is 0 Å². The van der Waals surface area contributed by atoms with E-state index in [4.69, 9.17) is 5.73 Å². The third-order valence-corrected chi connectivity index (χ3v) is 2.64. The molecule has 96 valence electrons. The Hall–Kier alpha value is -0.610. The summed E-state index contributed by atoms with van der Waals surface area (Å²) >= 11 is 0. The molecule has 0 aliphatic carbocycles. The molecule has 0 saturated carbocycles. The Morgan fingerprint density at radius 1 is 1.25 bits per heavy atom. The van der Waals surface area contributed by atoms with Gasteiger partial charge in [0.25, 0.3) is 0 Å². The van der Waals surface area contributed by atoms with Crippen LogP contribution in [0.25, 0.3) is 0 Å². The van der Waals surface area contributed by atoms with Crippen LogP contribution in [0, 0.1) is 5.92 Å². The van der Waals surface area contributed by atoms with Gasteiger partial charge in [-0.15, -0.1) is 0 Å². The molecule has 0 aromatic heterocycles. The minimum Gasteiger partial charge on any atom is -0.391 e. The van der Waals surface area contributed by atoms with Gasteiger partial charge in [-0.25, -0.2) is 0 Å². The third-order valence-electron chi connectivity index (χ3n) is 2.64. The van der Waals surface area contributed by atoms with Crippen LogP contribution in [0.3, 0.4) is 0 Å². The molecule has 0 aliphatic rings. The molecular formula is C12H26N2O2. The van der Waals surface area contributed by atoms with E-state index in [0.29, 0.717) is 13.0 Å². The summed E-state index contributed by atoms with van der Waals surface area (Å²) < 4.78 is 0. The second-order valence-corrected chi connectivity index (χ2v) is 4.57. The van der Waals surface area contributed by atoms with Crippen LogP contribution in [-0.2, 0) is 4.79 Å². The molecule has 1 unspecified atom stereocenters. The van der Waals surface area contributed by atoms with E-state index in [1.165, 1.54) is 0 Å². The average molecular weight is 230 g/mol. The smallest absolute Gasteiger partial charge is 0.220 e.